The predicted molar refractivity (Wildman–Crippen MR) is 152 cm³/mol. The normalized spacial score (nSPS) is 23.4. The summed E-state index contributed by atoms with van der Waals surface area (Å²) in [5.74, 6) is 3.35. The molecule has 2 unspecified atom stereocenters. The van der Waals surface area contributed by atoms with Crippen LogP contribution >= 0.6 is 0 Å². The number of ether oxygens (including phenoxy) is 4. The Hall–Kier alpha value is -2.76. The summed E-state index contributed by atoms with van der Waals surface area (Å²) in [7, 11) is -1.69. The van der Waals surface area contributed by atoms with E-state index < -0.39 is 38.6 Å². The predicted octanol–water partition coefficient (Wildman–Crippen LogP) is 5.38. The molecule has 4 rings (SSSR count). The maximum absolute atomic E-state index is 10.4. The number of benzene rings is 3. The van der Waals surface area contributed by atoms with Gasteiger partial charge in [0, 0.05) is 0 Å². The first-order valence-electron chi connectivity index (χ1n) is 13.2. The fraction of sp³-hybridized carbons (Fsp3) is 0.375. The van der Waals surface area contributed by atoms with Crippen molar-refractivity contribution in [1.82, 2.24) is 0 Å². The lowest BCUT2D eigenvalue weighted by atomic mass is 9.94. The van der Waals surface area contributed by atoms with Gasteiger partial charge in [-0.15, -0.1) is 5.54 Å². The molecule has 6 heteroatoms. The van der Waals surface area contributed by atoms with Gasteiger partial charge in [-0.3, -0.25) is 0 Å². The Morgan fingerprint density at radius 2 is 1.08 bits per heavy atom. The van der Waals surface area contributed by atoms with E-state index >= 15 is 0 Å². The van der Waals surface area contributed by atoms with Crippen LogP contribution < -0.4 is 0 Å². The van der Waals surface area contributed by atoms with Crippen molar-refractivity contribution in [2.45, 2.75) is 70.0 Å². The van der Waals surface area contributed by atoms with Crippen LogP contribution in [0, 0.1) is 11.5 Å². The van der Waals surface area contributed by atoms with E-state index in [-0.39, 0.29) is 6.61 Å². The van der Waals surface area contributed by atoms with Gasteiger partial charge >= 0.3 is 0 Å². The maximum atomic E-state index is 10.4. The highest BCUT2D eigenvalue weighted by Gasteiger charge is 2.47. The first-order chi connectivity index (χ1) is 18.4. The third-order valence-electron chi connectivity index (χ3n) is 6.26. The molecule has 0 spiro atoms. The molecule has 0 radical (unpaired) electrons. The molecule has 3 aromatic rings. The van der Waals surface area contributed by atoms with E-state index in [0.29, 0.717) is 19.8 Å². The minimum atomic E-state index is -1.69. The zero-order valence-electron chi connectivity index (χ0n) is 22.5. The lowest BCUT2D eigenvalue weighted by Gasteiger charge is -2.44. The molecule has 1 fully saturated rings. The van der Waals surface area contributed by atoms with Crippen LogP contribution in [0.3, 0.4) is 0 Å². The smallest absolute Gasteiger partial charge is 0.146 e. The highest BCUT2D eigenvalue weighted by molar-refractivity contribution is 6.83. The van der Waals surface area contributed by atoms with Gasteiger partial charge in [-0.2, -0.15) is 0 Å². The van der Waals surface area contributed by atoms with Gasteiger partial charge in [0.1, 0.15) is 38.6 Å². The fourth-order valence-corrected chi connectivity index (χ4v) is 4.91. The zero-order chi connectivity index (χ0) is 26.8. The van der Waals surface area contributed by atoms with E-state index in [1.165, 1.54) is 0 Å². The molecule has 0 amide bonds. The van der Waals surface area contributed by atoms with Gasteiger partial charge in [0.25, 0.3) is 0 Å². The van der Waals surface area contributed by atoms with Crippen molar-refractivity contribution in [3.05, 3.63) is 108 Å². The number of aliphatic hydroxyl groups excluding tert-OH is 1. The highest BCUT2D eigenvalue weighted by Crippen LogP contribution is 2.30. The Labute approximate surface area is 227 Å². The van der Waals surface area contributed by atoms with Crippen LogP contribution in [0.5, 0.6) is 0 Å². The second-order valence-electron chi connectivity index (χ2n) is 10.6. The standard InChI is InChI=1S/C32H38O5Si/c1-38(2,3)20-19-28-30(34-22-25-13-7-4-8-14-25)32(36-24-27-17-11-6-12-18-27)31(29(21-33)37-28)35-23-26-15-9-5-10-16-26/h4-18,28-33H,21-24H2,1-3H3/t28-,29?,30?,31+,32+/m1/s1. The van der Waals surface area contributed by atoms with Gasteiger partial charge < -0.3 is 24.1 Å². The van der Waals surface area contributed by atoms with E-state index in [0.717, 1.165) is 16.7 Å². The topological polar surface area (TPSA) is 57.2 Å². The number of rotatable bonds is 10. The Balaban J connectivity index is 1.64. The summed E-state index contributed by atoms with van der Waals surface area (Å²) in [6.07, 6.45) is -2.72. The monoisotopic (exact) mass is 530 g/mol. The lowest BCUT2D eigenvalue weighted by Crippen LogP contribution is -2.60. The van der Waals surface area contributed by atoms with Crippen molar-refractivity contribution in [2.75, 3.05) is 6.61 Å². The molecule has 3 aromatic carbocycles. The number of hydrogen-bond donors (Lipinski definition) is 1. The molecule has 0 saturated carbocycles. The van der Waals surface area contributed by atoms with Gasteiger partial charge in [0.15, 0.2) is 0 Å². The molecule has 5 nitrogen and oxygen atoms in total. The van der Waals surface area contributed by atoms with Crippen molar-refractivity contribution in [1.29, 1.82) is 0 Å². The summed E-state index contributed by atoms with van der Waals surface area (Å²) in [6.45, 7) is 7.52. The van der Waals surface area contributed by atoms with Gasteiger partial charge in [-0.1, -0.05) is 117 Å². The second-order valence-corrected chi connectivity index (χ2v) is 15.3. The summed E-state index contributed by atoms with van der Waals surface area (Å²) < 4.78 is 25.9. The summed E-state index contributed by atoms with van der Waals surface area (Å²) in [5, 5.41) is 10.4. The van der Waals surface area contributed by atoms with Crippen LogP contribution in [0.2, 0.25) is 19.6 Å². The molecule has 1 heterocycles. The molecule has 1 aliphatic heterocycles. The van der Waals surface area contributed by atoms with E-state index in [1.54, 1.807) is 0 Å². The van der Waals surface area contributed by atoms with Crippen LogP contribution in [0.25, 0.3) is 0 Å². The van der Waals surface area contributed by atoms with Gasteiger partial charge in [-0.25, -0.2) is 0 Å². The summed E-state index contributed by atoms with van der Waals surface area (Å²) in [4.78, 5) is 0. The number of hydrogen-bond acceptors (Lipinski definition) is 5. The number of aliphatic hydroxyl groups is 1. The SMILES string of the molecule is C[Si](C)(C)C#C[C@H]1OC(CO)[C@H](OCc2ccccc2)[C@@H](OCc2ccccc2)C1OCc1ccccc1. The van der Waals surface area contributed by atoms with Gasteiger partial charge in [-0.05, 0) is 16.7 Å². The second kappa shape index (κ2) is 13.9. The van der Waals surface area contributed by atoms with Crippen molar-refractivity contribution in [2.24, 2.45) is 0 Å². The molecule has 1 saturated heterocycles. The van der Waals surface area contributed by atoms with Crippen molar-refractivity contribution < 1.29 is 24.1 Å². The average molecular weight is 531 g/mol. The Kier molecular flexibility index (Phi) is 10.3. The maximum Gasteiger partial charge on any atom is 0.146 e. The summed E-state index contributed by atoms with van der Waals surface area (Å²) >= 11 is 0. The Bertz CT molecular complexity index is 1150. The third-order valence-corrected chi connectivity index (χ3v) is 7.15. The van der Waals surface area contributed by atoms with Gasteiger partial charge in [0.2, 0.25) is 0 Å². The Morgan fingerprint density at radius 1 is 0.658 bits per heavy atom. The van der Waals surface area contributed by atoms with E-state index in [1.807, 2.05) is 91.0 Å². The molecule has 200 valence electrons. The molecule has 5 atom stereocenters. The third kappa shape index (κ3) is 8.37. The molecule has 1 N–H and O–H groups in total. The molecular weight excluding hydrogens is 492 g/mol. The Morgan fingerprint density at radius 3 is 1.50 bits per heavy atom. The largest absolute Gasteiger partial charge is 0.394 e. The molecular formula is C32H38O5Si. The van der Waals surface area contributed by atoms with Crippen molar-refractivity contribution in [3.63, 3.8) is 0 Å². The quantitative estimate of drug-likeness (QED) is 0.282. The molecule has 0 aliphatic carbocycles. The van der Waals surface area contributed by atoms with Crippen molar-refractivity contribution in [3.8, 4) is 11.5 Å². The fourth-order valence-electron chi connectivity index (χ4n) is 4.34. The van der Waals surface area contributed by atoms with Gasteiger partial charge in [0.05, 0.1) is 26.4 Å². The molecule has 1 aliphatic rings. The minimum absolute atomic E-state index is 0.207. The minimum Gasteiger partial charge on any atom is -0.394 e. The average Bonchev–Trinajstić information content (AvgIpc) is 2.94. The molecule has 38 heavy (non-hydrogen) atoms. The van der Waals surface area contributed by atoms with E-state index in [2.05, 4.69) is 31.1 Å². The van der Waals surface area contributed by atoms with Crippen molar-refractivity contribution >= 4 is 8.07 Å². The molecule has 0 aromatic heterocycles. The first-order valence-corrected chi connectivity index (χ1v) is 16.7. The van der Waals surface area contributed by atoms with E-state index in [9.17, 15) is 5.11 Å². The zero-order valence-corrected chi connectivity index (χ0v) is 23.5. The summed E-state index contributed by atoms with van der Waals surface area (Å²) in [6, 6.07) is 30.1. The van der Waals surface area contributed by atoms with Crippen LogP contribution in [-0.4, -0.2) is 50.3 Å². The first kappa shape index (κ1) is 28.3. The van der Waals surface area contributed by atoms with Crippen LogP contribution in [0.1, 0.15) is 16.7 Å². The summed E-state index contributed by atoms with van der Waals surface area (Å²) in [5.41, 5.74) is 6.57. The van der Waals surface area contributed by atoms with Crippen LogP contribution in [-0.2, 0) is 38.8 Å². The highest BCUT2D eigenvalue weighted by atomic mass is 28.3. The lowest BCUT2D eigenvalue weighted by molar-refractivity contribution is -0.258. The van der Waals surface area contributed by atoms with E-state index in [4.69, 9.17) is 18.9 Å². The molecule has 0 bridgehead atoms. The van der Waals surface area contributed by atoms with Crippen LogP contribution in [0.4, 0.5) is 0 Å². The van der Waals surface area contributed by atoms with Crippen LogP contribution in [0.15, 0.2) is 91.0 Å².